The van der Waals surface area contributed by atoms with Crippen LogP contribution in [0.15, 0.2) is 49.1 Å². The van der Waals surface area contributed by atoms with E-state index in [0.29, 0.717) is 30.6 Å². The van der Waals surface area contributed by atoms with E-state index in [1.54, 1.807) is 32.7 Å². The van der Waals surface area contributed by atoms with E-state index in [2.05, 4.69) is 48.7 Å². The zero-order chi connectivity index (χ0) is 26.2. The smallest absolute Gasteiger partial charge is 0.415 e. The molecule has 1 amide bonds. The molecule has 1 unspecified atom stereocenters. The summed E-state index contributed by atoms with van der Waals surface area (Å²) in [5, 5.41) is 9.01. The summed E-state index contributed by atoms with van der Waals surface area (Å²) >= 11 is 0. The number of ether oxygens (including phenoxy) is 2. The number of rotatable bonds is 9. The van der Waals surface area contributed by atoms with E-state index >= 15 is 0 Å². The van der Waals surface area contributed by atoms with Crippen molar-refractivity contribution >= 4 is 25.6 Å². The maximum absolute atomic E-state index is 12.4. The summed E-state index contributed by atoms with van der Waals surface area (Å²) in [6.45, 7) is 12.7. The molecule has 4 aromatic rings. The van der Waals surface area contributed by atoms with E-state index in [9.17, 15) is 4.79 Å². The Morgan fingerprint density at radius 3 is 2.62 bits per heavy atom. The van der Waals surface area contributed by atoms with Crippen LogP contribution < -0.4 is 4.90 Å². The highest BCUT2D eigenvalue weighted by Gasteiger charge is 2.37. The standard InChI is InChI=1S/C26H33N7O3Si/c1-18(2)22-15-36-26(34)33(22)23-10-11-32-25(29-23)21(14-28-32)19-6-8-20(9-7-19)24-27-16-31(30-24)17-35-12-13-37(3,4)5/h6-11,14,16,18,22H,12-13,15,17H2,1-5H3. The first kappa shape index (κ1) is 25.1. The maximum atomic E-state index is 12.4. The van der Waals surface area contributed by atoms with Gasteiger partial charge in [0.25, 0.3) is 0 Å². The van der Waals surface area contributed by atoms with Crippen LogP contribution in [0.2, 0.25) is 25.7 Å². The van der Waals surface area contributed by atoms with Gasteiger partial charge in [-0.3, -0.25) is 4.90 Å². The topological polar surface area (TPSA) is 99.7 Å². The highest BCUT2D eigenvalue weighted by atomic mass is 28.3. The summed E-state index contributed by atoms with van der Waals surface area (Å²) in [5.74, 6) is 1.46. The molecule has 194 valence electrons. The molecule has 4 heterocycles. The Kier molecular flexibility index (Phi) is 6.82. The molecule has 0 aliphatic carbocycles. The van der Waals surface area contributed by atoms with Crippen LogP contribution in [0.1, 0.15) is 13.8 Å². The Bertz CT molecular complexity index is 1390. The predicted molar refractivity (Wildman–Crippen MR) is 144 cm³/mol. The van der Waals surface area contributed by atoms with Crippen molar-refractivity contribution < 1.29 is 14.3 Å². The molecule has 1 aliphatic rings. The number of anilines is 1. The van der Waals surface area contributed by atoms with Gasteiger partial charge in [0, 0.05) is 32.0 Å². The fourth-order valence-corrected chi connectivity index (χ4v) is 4.97. The highest BCUT2D eigenvalue weighted by molar-refractivity contribution is 6.76. The number of nitrogens with zero attached hydrogens (tertiary/aromatic N) is 7. The fourth-order valence-electron chi connectivity index (χ4n) is 4.21. The molecule has 0 saturated carbocycles. The second-order valence-electron chi connectivity index (χ2n) is 10.9. The molecule has 1 fully saturated rings. The molecule has 11 heteroatoms. The SMILES string of the molecule is CC(C)C1COC(=O)N1c1ccn2ncc(-c3ccc(-c4ncn(COCC[Si](C)(C)C)n4)cc3)c2n1. The van der Waals surface area contributed by atoms with Gasteiger partial charge >= 0.3 is 6.09 Å². The molecule has 5 rings (SSSR count). The van der Waals surface area contributed by atoms with Gasteiger partial charge in [-0.05, 0) is 23.6 Å². The fraction of sp³-hybridized carbons (Fsp3) is 0.423. The number of fused-ring (bicyclic) bond motifs is 1. The molecular weight excluding hydrogens is 486 g/mol. The molecule has 0 spiro atoms. The number of carbonyl (C=O) groups excluding carboxylic acids is 1. The molecule has 10 nitrogen and oxygen atoms in total. The van der Waals surface area contributed by atoms with Crippen molar-refractivity contribution in [3.63, 3.8) is 0 Å². The van der Waals surface area contributed by atoms with Crippen LogP contribution in [-0.2, 0) is 16.2 Å². The number of cyclic esters (lactones) is 1. The van der Waals surface area contributed by atoms with Crippen molar-refractivity contribution in [2.75, 3.05) is 18.1 Å². The lowest BCUT2D eigenvalue weighted by Crippen LogP contribution is -2.37. The van der Waals surface area contributed by atoms with Crippen LogP contribution in [0.4, 0.5) is 10.6 Å². The Morgan fingerprint density at radius 2 is 1.89 bits per heavy atom. The third-order valence-corrected chi connectivity index (χ3v) is 8.19. The Hall–Kier alpha value is -3.57. The summed E-state index contributed by atoms with van der Waals surface area (Å²) in [6.07, 6.45) is 4.94. The number of carbonyl (C=O) groups is 1. The van der Waals surface area contributed by atoms with Crippen molar-refractivity contribution in [3.8, 4) is 22.5 Å². The lowest BCUT2D eigenvalue weighted by molar-refractivity contribution is 0.0785. The van der Waals surface area contributed by atoms with Gasteiger partial charge in [0.05, 0.1) is 12.2 Å². The summed E-state index contributed by atoms with van der Waals surface area (Å²) in [7, 11) is -1.11. The molecule has 1 aromatic carbocycles. The third kappa shape index (κ3) is 5.42. The minimum atomic E-state index is -1.11. The van der Waals surface area contributed by atoms with Gasteiger partial charge in [0.15, 0.2) is 11.5 Å². The number of hydrogen-bond donors (Lipinski definition) is 0. The number of amides is 1. The number of benzene rings is 1. The Morgan fingerprint density at radius 1 is 1.14 bits per heavy atom. The second kappa shape index (κ2) is 10.1. The molecule has 0 N–H and O–H groups in total. The van der Waals surface area contributed by atoms with E-state index in [4.69, 9.17) is 14.5 Å². The monoisotopic (exact) mass is 519 g/mol. The molecule has 1 aliphatic heterocycles. The zero-order valence-corrected chi connectivity index (χ0v) is 23.0. The normalized spacial score (nSPS) is 16.2. The molecule has 0 radical (unpaired) electrons. The predicted octanol–water partition coefficient (Wildman–Crippen LogP) is 4.95. The lowest BCUT2D eigenvalue weighted by atomic mass is 10.0. The van der Waals surface area contributed by atoms with E-state index in [-0.39, 0.29) is 18.1 Å². The number of aromatic nitrogens is 6. The molecule has 0 bridgehead atoms. The first-order valence-electron chi connectivity index (χ1n) is 12.6. The minimum Gasteiger partial charge on any atom is -0.447 e. The van der Waals surface area contributed by atoms with Crippen molar-refractivity contribution in [1.82, 2.24) is 29.4 Å². The quantitative estimate of drug-likeness (QED) is 0.228. The van der Waals surface area contributed by atoms with Crippen LogP contribution in [0.5, 0.6) is 0 Å². The van der Waals surface area contributed by atoms with Gasteiger partial charge in [-0.1, -0.05) is 57.8 Å². The van der Waals surface area contributed by atoms with Gasteiger partial charge < -0.3 is 9.47 Å². The molecular formula is C26H33N7O3Si. The first-order chi connectivity index (χ1) is 17.7. The van der Waals surface area contributed by atoms with E-state index < -0.39 is 8.07 Å². The Labute approximate surface area is 217 Å². The van der Waals surface area contributed by atoms with Crippen LogP contribution >= 0.6 is 0 Å². The van der Waals surface area contributed by atoms with Gasteiger partial charge in [0.2, 0.25) is 0 Å². The lowest BCUT2D eigenvalue weighted by Gasteiger charge is -2.23. The summed E-state index contributed by atoms with van der Waals surface area (Å²) in [5.41, 5.74) is 3.41. The van der Waals surface area contributed by atoms with Crippen molar-refractivity contribution in [2.24, 2.45) is 5.92 Å². The van der Waals surface area contributed by atoms with Gasteiger partial charge in [-0.25, -0.2) is 24.0 Å². The second-order valence-corrected chi connectivity index (χ2v) is 16.5. The van der Waals surface area contributed by atoms with E-state index in [1.165, 1.54) is 0 Å². The van der Waals surface area contributed by atoms with Crippen molar-refractivity contribution in [1.29, 1.82) is 0 Å². The van der Waals surface area contributed by atoms with Crippen LogP contribution in [0.3, 0.4) is 0 Å². The third-order valence-electron chi connectivity index (χ3n) is 6.49. The molecule has 1 atom stereocenters. The first-order valence-corrected chi connectivity index (χ1v) is 16.3. The Balaban J connectivity index is 1.33. The van der Waals surface area contributed by atoms with Crippen molar-refractivity contribution in [2.45, 2.75) is 52.3 Å². The van der Waals surface area contributed by atoms with Crippen LogP contribution in [-0.4, -0.2) is 62.8 Å². The maximum Gasteiger partial charge on any atom is 0.415 e. The molecule has 3 aromatic heterocycles. The van der Waals surface area contributed by atoms with Gasteiger partial charge in [-0.15, -0.1) is 5.10 Å². The average Bonchev–Trinajstić information content (AvgIpc) is 3.59. The summed E-state index contributed by atoms with van der Waals surface area (Å²) in [4.78, 5) is 23.3. The largest absolute Gasteiger partial charge is 0.447 e. The van der Waals surface area contributed by atoms with Crippen LogP contribution in [0, 0.1) is 5.92 Å². The average molecular weight is 520 g/mol. The summed E-state index contributed by atoms with van der Waals surface area (Å²) in [6, 6.07) is 10.9. The highest BCUT2D eigenvalue weighted by Crippen LogP contribution is 2.30. The minimum absolute atomic E-state index is 0.0499. The number of hydrogen-bond acceptors (Lipinski definition) is 7. The van der Waals surface area contributed by atoms with Crippen molar-refractivity contribution in [3.05, 3.63) is 49.1 Å². The van der Waals surface area contributed by atoms with Crippen LogP contribution in [0.25, 0.3) is 28.2 Å². The zero-order valence-electron chi connectivity index (χ0n) is 22.0. The van der Waals surface area contributed by atoms with E-state index in [0.717, 1.165) is 29.3 Å². The summed E-state index contributed by atoms with van der Waals surface area (Å²) < 4.78 is 14.5. The molecule has 1 saturated heterocycles. The molecule has 37 heavy (non-hydrogen) atoms. The van der Waals surface area contributed by atoms with Gasteiger partial charge in [0.1, 0.15) is 25.5 Å². The van der Waals surface area contributed by atoms with E-state index in [1.807, 2.05) is 30.5 Å². The van der Waals surface area contributed by atoms with Gasteiger partial charge in [-0.2, -0.15) is 5.10 Å².